The summed E-state index contributed by atoms with van der Waals surface area (Å²) in [6.07, 6.45) is 3.23. The fourth-order valence-electron chi connectivity index (χ4n) is 2.64. The van der Waals surface area contributed by atoms with Gasteiger partial charge in [0.2, 0.25) is 0 Å². The number of aliphatic hydroxyl groups is 1. The minimum absolute atomic E-state index is 0.222. The Morgan fingerprint density at radius 3 is 2.47 bits per heavy atom. The van der Waals surface area contributed by atoms with Crippen molar-refractivity contribution in [3.8, 4) is 0 Å². The predicted molar refractivity (Wildman–Crippen MR) is 69.1 cm³/mol. The van der Waals surface area contributed by atoms with Gasteiger partial charge in [0.15, 0.2) is 0 Å². The molecule has 1 aromatic rings. The largest absolute Gasteiger partial charge is 0.383 e. The van der Waals surface area contributed by atoms with Crippen molar-refractivity contribution in [3.05, 3.63) is 16.9 Å². The van der Waals surface area contributed by atoms with Crippen LogP contribution >= 0.6 is 11.6 Å². The Hall–Kier alpha value is -0.540. The van der Waals surface area contributed by atoms with Crippen molar-refractivity contribution in [2.75, 3.05) is 0 Å². The Labute approximate surface area is 108 Å². The van der Waals surface area contributed by atoms with Crippen LogP contribution in [0.3, 0.4) is 0 Å². The molecule has 0 aromatic carbocycles. The monoisotopic (exact) mass is 256 g/mol. The van der Waals surface area contributed by atoms with E-state index >= 15 is 0 Å². The van der Waals surface area contributed by atoms with Crippen LogP contribution in [0.5, 0.6) is 0 Å². The second-order valence-electron chi connectivity index (χ2n) is 5.82. The molecular formula is C13H21ClN2O. The molecule has 0 radical (unpaired) electrons. The summed E-state index contributed by atoms with van der Waals surface area (Å²) in [4.78, 5) is 0. The Morgan fingerprint density at radius 1 is 1.41 bits per heavy atom. The highest BCUT2D eigenvalue weighted by Crippen LogP contribution is 2.50. The lowest BCUT2D eigenvalue weighted by molar-refractivity contribution is -0.0998. The van der Waals surface area contributed by atoms with Gasteiger partial charge in [-0.1, -0.05) is 25.4 Å². The fourth-order valence-corrected chi connectivity index (χ4v) is 2.95. The van der Waals surface area contributed by atoms with Crippen molar-refractivity contribution in [1.29, 1.82) is 0 Å². The van der Waals surface area contributed by atoms with Crippen LogP contribution < -0.4 is 0 Å². The number of rotatable bonds is 3. The number of nitrogens with zero attached hydrogens (tertiary/aromatic N) is 2. The van der Waals surface area contributed by atoms with Crippen LogP contribution in [0, 0.1) is 11.8 Å². The molecule has 1 fully saturated rings. The molecule has 1 aliphatic carbocycles. The number of halogens is 1. The van der Waals surface area contributed by atoms with Gasteiger partial charge < -0.3 is 5.11 Å². The first kappa shape index (κ1) is 12.9. The van der Waals surface area contributed by atoms with Gasteiger partial charge >= 0.3 is 0 Å². The van der Waals surface area contributed by atoms with Crippen molar-refractivity contribution < 1.29 is 5.11 Å². The first-order chi connectivity index (χ1) is 7.85. The molecule has 3 nitrogen and oxygen atoms in total. The van der Waals surface area contributed by atoms with Gasteiger partial charge in [-0.05, 0) is 38.5 Å². The average Bonchev–Trinajstić information content (AvgIpc) is 2.55. The number of hydrogen-bond donors (Lipinski definition) is 1. The van der Waals surface area contributed by atoms with Crippen LogP contribution in [0.25, 0.3) is 0 Å². The predicted octanol–water partition coefficient (Wildman–Crippen LogP) is 3.37. The van der Waals surface area contributed by atoms with E-state index in [1.54, 1.807) is 6.20 Å². The Balaban J connectivity index is 2.27. The highest BCUT2D eigenvalue weighted by molar-refractivity contribution is 6.31. The van der Waals surface area contributed by atoms with Crippen LogP contribution in [-0.4, -0.2) is 14.9 Å². The highest BCUT2D eigenvalue weighted by Gasteiger charge is 2.48. The maximum atomic E-state index is 10.7. The number of aromatic nitrogens is 2. The van der Waals surface area contributed by atoms with Crippen LogP contribution in [0.2, 0.25) is 5.02 Å². The molecule has 1 saturated carbocycles. The molecule has 4 heteroatoms. The molecule has 0 unspecified atom stereocenters. The summed E-state index contributed by atoms with van der Waals surface area (Å²) in [5, 5.41) is 15.5. The summed E-state index contributed by atoms with van der Waals surface area (Å²) in [6, 6.07) is 0.222. The van der Waals surface area contributed by atoms with Gasteiger partial charge in [-0.15, -0.1) is 0 Å². The van der Waals surface area contributed by atoms with Gasteiger partial charge in [-0.25, -0.2) is 0 Å². The lowest BCUT2D eigenvalue weighted by Gasteiger charge is -2.46. The van der Waals surface area contributed by atoms with E-state index in [0.29, 0.717) is 16.9 Å². The first-order valence-corrected chi connectivity index (χ1v) is 6.69. The van der Waals surface area contributed by atoms with Gasteiger partial charge in [0.1, 0.15) is 5.60 Å². The van der Waals surface area contributed by atoms with E-state index < -0.39 is 5.60 Å². The molecule has 0 saturated heterocycles. The van der Waals surface area contributed by atoms with Gasteiger partial charge in [-0.2, -0.15) is 5.10 Å². The van der Waals surface area contributed by atoms with Crippen molar-refractivity contribution in [3.63, 3.8) is 0 Å². The van der Waals surface area contributed by atoms with E-state index in [4.69, 9.17) is 11.6 Å². The first-order valence-electron chi connectivity index (χ1n) is 6.31. The van der Waals surface area contributed by atoms with Crippen LogP contribution in [0.1, 0.15) is 52.3 Å². The molecule has 96 valence electrons. The maximum absolute atomic E-state index is 10.7. The molecule has 2 rings (SSSR count). The van der Waals surface area contributed by atoms with Crippen molar-refractivity contribution in [2.45, 2.75) is 52.2 Å². The summed E-state index contributed by atoms with van der Waals surface area (Å²) in [6.45, 7) is 8.50. The molecule has 0 atom stereocenters. The van der Waals surface area contributed by atoms with Crippen molar-refractivity contribution >= 4 is 11.6 Å². The Morgan fingerprint density at radius 2 is 2.00 bits per heavy atom. The molecule has 0 aliphatic heterocycles. The zero-order chi connectivity index (χ0) is 12.8. The lowest BCUT2D eigenvalue weighted by Crippen LogP contribution is -2.45. The maximum Gasteiger partial charge on any atom is 0.108 e. The van der Waals surface area contributed by atoms with Crippen LogP contribution in [0.4, 0.5) is 0 Å². The minimum atomic E-state index is -0.771. The zero-order valence-corrected chi connectivity index (χ0v) is 11.7. The van der Waals surface area contributed by atoms with E-state index in [1.807, 2.05) is 4.68 Å². The summed E-state index contributed by atoms with van der Waals surface area (Å²) in [7, 11) is 0. The molecule has 1 heterocycles. The smallest absolute Gasteiger partial charge is 0.108 e. The SMILES string of the molecule is CC(C)C1CC(O)(c2c(Cl)cnn2C(C)C)C1. The topological polar surface area (TPSA) is 38.1 Å². The summed E-state index contributed by atoms with van der Waals surface area (Å²) >= 11 is 6.17. The average molecular weight is 257 g/mol. The van der Waals surface area contributed by atoms with Crippen LogP contribution in [-0.2, 0) is 5.60 Å². The van der Waals surface area contributed by atoms with Gasteiger partial charge in [-0.3, -0.25) is 4.68 Å². The molecule has 1 N–H and O–H groups in total. The molecule has 0 spiro atoms. The molecule has 0 bridgehead atoms. The summed E-state index contributed by atoms with van der Waals surface area (Å²) in [5.74, 6) is 1.20. The van der Waals surface area contributed by atoms with E-state index in [1.165, 1.54) is 0 Å². The second-order valence-corrected chi connectivity index (χ2v) is 6.23. The third-order valence-corrected chi connectivity index (χ3v) is 4.10. The summed E-state index contributed by atoms with van der Waals surface area (Å²) in [5.41, 5.74) is 0.0262. The van der Waals surface area contributed by atoms with Crippen molar-refractivity contribution in [2.24, 2.45) is 11.8 Å². The van der Waals surface area contributed by atoms with Gasteiger partial charge in [0.05, 0.1) is 16.9 Å². The molecule has 17 heavy (non-hydrogen) atoms. The van der Waals surface area contributed by atoms with E-state index in [9.17, 15) is 5.11 Å². The fraction of sp³-hybridized carbons (Fsp3) is 0.769. The third-order valence-electron chi connectivity index (χ3n) is 3.82. The molecule has 1 aliphatic rings. The zero-order valence-electron chi connectivity index (χ0n) is 10.9. The quantitative estimate of drug-likeness (QED) is 0.901. The second kappa shape index (κ2) is 4.29. The molecule has 0 amide bonds. The van der Waals surface area contributed by atoms with E-state index in [-0.39, 0.29) is 6.04 Å². The standard InChI is InChI=1S/C13H21ClN2O/c1-8(2)10-5-13(17,6-10)12-11(14)7-15-16(12)9(3)4/h7-10,17H,5-6H2,1-4H3. The lowest BCUT2D eigenvalue weighted by atomic mass is 9.65. The third kappa shape index (κ3) is 2.11. The van der Waals surface area contributed by atoms with Crippen LogP contribution in [0.15, 0.2) is 6.20 Å². The normalized spacial score (nSPS) is 28.8. The number of hydrogen-bond acceptors (Lipinski definition) is 2. The summed E-state index contributed by atoms with van der Waals surface area (Å²) < 4.78 is 1.85. The Bertz CT molecular complexity index is 406. The van der Waals surface area contributed by atoms with Crippen molar-refractivity contribution in [1.82, 2.24) is 9.78 Å². The Kier molecular flexibility index (Phi) is 3.25. The van der Waals surface area contributed by atoms with E-state index in [0.717, 1.165) is 18.5 Å². The van der Waals surface area contributed by atoms with E-state index in [2.05, 4.69) is 32.8 Å². The van der Waals surface area contributed by atoms with Gasteiger partial charge in [0.25, 0.3) is 0 Å². The minimum Gasteiger partial charge on any atom is -0.383 e. The van der Waals surface area contributed by atoms with Gasteiger partial charge in [0, 0.05) is 6.04 Å². The molecular weight excluding hydrogens is 236 g/mol. The highest BCUT2D eigenvalue weighted by atomic mass is 35.5. The molecule has 1 aromatic heterocycles.